The van der Waals surface area contributed by atoms with Crippen LogP contribution in [0.15, 0.2) is 0 Å². The summed E-state index contributed by atoms with van der Waals surface area (Å²) in [7, 11) is 1.59. The van der Waals surface area contributed by atoms with Crippen LogP contribution < -0.4 is 5.73 Å². The lowest BCUT2D eigenvalue weighted by atomic mass is 9.79. The van der Waals surface area contributed by atoms with E-state index in [-0.39, 0.29) is 12.5 Å². The van der Waals surface area contributed by atoms with Gasteiger partial charge in [-0.25, -0.2) is 0 Å². The van der Waals surface area contributed by atoms with Crippen molar-refractivity contribution < 1.29 is 19.4 Å². The number of hydrogen-bond donors (Lipinski definition) is 2. The molecule has 0 aromatic carbocycles. The van der Waals surface area contributed by atoms with E-state index in [1.165, 1.54) is 0 Å². The van der Waals surface area contributed by atoms with Gasteiger partial charge in [0.1, 0.15) is 0 Å². The zero-order valence-corrected chi connectivity index (χ0v) is 11.1. The average Bonchev–Trinajstić information content (AvgIpc) is 2.43. The van der Waals surface area contributed by atoms with Gasteiger partial charge in [-0.05, 0) is 12.8 Å². The molecule has 1 heterocycles. The summed E-state index contributed by atoms with van der Waals surface area (Å²) >= 11 is 0. The third-order valence-corrected chi connectivity index (χ3v) is 3.52. The summed E-state index contributed by atoms with van der Waals surface area (Å²) < 4.78 is 10.3. The molecule has 1 saturated heterocycles. The Morgan fingerprint density at radius 3 is 2.61 bits per heavy atom. The molecule has 1 aliphatic rings. The van der Waals surface area contributed by atoms with Gasteiger partial charge >= 0.3 is 0 Å². The van der Waals surface area contributed by atoms with Crippen molar-refractivity contribution in [3.05, 3.63) is 0 Å². The van der Waals surface area contributed by atoms with Crippen molar-refractivity contribution in [3.8, 4) is 0 Å². The number of nitrogens with two attached hydrogens (primary N) is 1. The molecular weight excluding hydrogens is 236 g/mol. The minimum atomic E-state index is -0.527. The van der Waals surface area contributed by atoms with Gasteiger partial charge in [0.05, 0.1) is 18.6 Å². The Morgan fingerprint density at radius 1 is 1.44 bits per heavy atom. The summed E-state index contributed by atoms with van der Waals surface area (Å²) in [6.45, 7) is 2.68. The first-order chi connectivity index (χ1) is 8.70. The number of aliphatic hydroxyl groups is 1. The maximum absolute atomic E-state index is 12.6. The van der Waals surface area contributed by atoms with Crippen molar-refractivity contribution >= 4 is 5.91 Å². The molecule has 0 atom stereocenters. The van der Waals surface area contributed by atoms with Crippen LogP contribution in [0.2, 0.25) is 0 Å². The third-order valence-electron chi connectivity index (χ3n) is 3.52. The number of hydrogen-bond acceptors (Lipinski definition) is 5. The lowest BCUT2D eigenvalue weighted by Crippen LogP contribution is -2.52. The first-order valence-corrected chi connectivity index (χ1v) is 6.37. The summed E-state index contributed by atoms with van der Waals surface area (Å²) in [6.07, 6.45) is 1.30. The van der Waals surface area contributed by atoms with E-state index in [1.807, 2.05) is 0 Å². The predicted octanol–water partition coefficient (Wildman–Crippen LogP) is -0.791. The number of aliphatic hydroxyl groups excluding tert-OH is 1. The van der Waals surface area contributed by atoms with Crippen LogP contribution in [-0.2, 0) is 14.3 Å². The summed E-state index contributed by atoms with van der Waals surface area (Å²) in [5, 5.41) is 9.05. The van der Waals surface area contributed by atoms with Crippen LogP contribution in [0.25, 0.3) is 0 Å². The molecule has 0 aromatic heterocycles. The quantitative estimate of drug-likeness (QED) is 0.626. The van der Waals surface area contributed by atoms with Gasteiger partial charge in [-0.3, -0.25) is 4.79 Å². The molecule has 106 valence electrons. The van der Waals surface area contributed by atoms with Gasteiger partial charge in [0.25, 0.3) is 0 Å². The Bertz CT molecular complexity index is 254. The fourth-order valence-electron chi connectivity index (χ4n) is 2.24. The Balaban J connectivity index is 2.71. The van der Waals surface area contributed by atoms with Crippen molar-refractivity contribution in [3.63, 3.8) is 0 Å². The highest BCUT2D eigenvalue weighted by molar-refractivity contribution is 5.83. The molecule has 6 heteroatoms. The predicted molar refractivity (Wildman–Crippen MR) is 67.1 cm³/mol. The Hall–Kier alpha value is -0.690. The molecule has 0 unspecified atom stereocenters. The van der Waals surface area contributed by atoms with Crippen molar-refractivity contribution in [2.24, 2.45) is 11.1 Å². The number of nitrogens with zero attached hydrogens (tertiary/aromatic N) is 1. The standard InChI is InChI=1S/C12H24N2O4/c1-17-9-5-14(4-6-15)11(16)12(10-13)2-7-18-8-3-12/h15H,2-10,13H2,1H3. The fourth-order valence-corrected chi connectivity index (χ4v) is 2.24. The van der Waals surface area contributed by atoms with E-state index < -0.39 is 5.41 Å². The molecule has 1 amide bonds. The van der Waals surface area contributed by atoms with E-state index in [4.69, 9.17) is 20.3 Å². The fraction of sp³-hybridized carbons (Fsp3) is 0.917. The van der Waals surface area contributed by atoms with Crippen LogP contribution in [0.5, 0.6) is 0 Å². The molecular formula is C12H24N2O4. The van der Waals surface area contributed by atoms with E-state index in [1.54, 1.807) is 12.0 Å². The molecule has 1 fully saturated rings. The molecule has 0 radical (unpaired) electrons. The largest absolute Gasteiger partial charge is 0.395 e. The Kier molecular flexibility index (Phi) is 6.56. The van der Waals surface area contributed by atoms with Crippen LogP contribution in [0.3, 0.4) is 0 Å². The molecule has 0 saturated carbocycles. The second-order valence-corrected chi connectivity index (χ2v) is 4.61. The molecule has 0 aromatic rings. The first kappa shape index (κ1) is 15.4. The second-order valence-electron chi connectivity index (χ2n) is 4.61. The van der Waals surface area contributed by atoms with Gasteiger partial charge in [-0.2, -0.15) is 0 Å². The van der Waals surface area contributed by atoms with Crippen molar-refractivity contribution in [1.29, 1.82) is 0 Å². The Morgan fingerprint density at radius 2 is 2.11 bits per heavy atom. The van der Waals surface area contributed by atoms with Gasteiger partial charge < -0.3 is 25.2 Å². The monoisotopic (exact) mass is 260 g/mol. The van der Waals surface area contributed by atoms with Gasteiger partial charge in [0, 0.05) is 40.0 Å². The molecule has 6 nitrogen and oxygen atoms in total. The summed E-state index contributed by atoms with van der Waals surface area (Å²) in [5.41, 5.74) is 5.28. The molecule has 0 bridgehead atoms. The average molecular weight is 260 g/mol. The SMILES string of the molecule is COCCN(CCO)C(=O)C1(CN)CCOCC1. The molecule has 3 N–H and O–H groups in total. The van der Waals surface area contributed by atoms with Crippen LogP contribution in [0.4, 0.5) is 0 Å². The summed E-state index contributed by atoms with van der Waals surface area (Å²) in [4.78, 5) is 14.2. The maximum Gasteiger partial charge on any atom is 0.230 e. The van der Waals surface area contributed by atoms with Crippen LogP contribution >= 0.6 is 0 Å². The highest BCUT2D eigenvalue weighted by atomic mass is 16.5. The van der Waals surface area contributed by atoms with E-state index in [2.05, 4.69) is 0 Å². The first-order valence-electron chi connectivity index (χ1n) is 6.37. The van der Waals surface area contributed by atoms with Gasteiger partial charge in [0.15, 0.2) is 0 Å². The van der Waals surface area contributed by atoms with E-state index in [9.17, 15) is 4.79 Å². The Labute approximate surface area is 108 Å². The van der Waals surface area contributed by atoms with Crippen molar-refractivity contribution in [2.75, 3.05) is 53.2 Å². The topological polar surface area (TPSA) is 85.0 Å². The third kappa shape index (κ3) is 3.65. The van der Waals surface area contributed by atoms with Crippen molar-refractivity contribution in [2.45, 2.75) is 12.8 Å². The van der Waals surface area contributed by atoms with Crippen LogP contribution in [0.1, 0.15) is 12.8 Å². The minimum absolute atomic E-state index is 0.0133. The van der Waals surface area contributed by atoms with E-state index in [0.717, 1.165) is 0 Å². The van der Waals surface area contributed by atoms with Gasteiger partial charge in [-0.1, -0.05) is 0 Å². The molecule has 18 heavy (non-hydrogen) atoms. The number of amides is 1. The lowest BCUT2D eigenvalue weighted by molar-refractivity contribution is -0.148. The maximum atomic E-state index is 12.6. The minimum Gasteiger partial charge on any atom is -0.395 e. The molecule has 1 aliphatic heterocycles. The highest BCUT2D eigenvalue weighted by Gasteiger charge is 2.41. The smallest absolute Gasteiger partial charge is 0.230 e. The number of rotatable bonds is 7. The zero-order chi connectivity index (χ0) is 13.4. The summed E-state index contributed by atoms with van der Waals surface area (Å²) in [6, 6.07) is 0. The number of carbonyl (C=O) groups excluding carboxylic acids is 1. The number of methoxy groups -OCH3 is 1. The van der Waals surface area contributed by atoms with Gasteiger partial charge in [0.2, 0.25) is 5.91 Å². The number of carbonyl (C=O) groups is 1. The molecule has 1 rings (SSSR count). The van der Waals surface area contributed by atoms with Gasteiger partial charge in [-0.15, -0.1) is 0 Å². The van der Waals surface area contributed by atoms with E-state index >= 15 is 0 Å². The normalized spacial score (nSPS) is 18.6. The molecule has 0 aliphatic carbocycles. The zero-order valence-electron chi connectivity index (χ0n) is 11.1. The van der Waals surface area contributed by atoms with Crippen LogP contribution in [0, 0.1) is 5.41 Å². The van der Waals surface area contributed by atoms with Crippen LogP contribution in [-0.4, -0.2) is 69.1 Å². The van der Waals surface area contributed by atoms with Crippen molar-refractivity contribution in [1.82, 2.24) is 4.90 Å². The molecule has 0 spiro atoms. The van der Waals surface area contributed by atoms with E-state index in [0.29, 0.717) is 52.3 Å². The second kappa shape index (κ2) is 7.68. The summed E-state index contributed by atoms with van der Waals surface area (Å²) in [5.74, 6) is 0.0133. The lowest BCUT2D eigenvalue weighted by Gasteiger charge is -2.38. The highest BCUT2D eigenvalue weighted by Crippen LogP contribution is 2.31. The number of ether oxygens (including phenoxy) is 2.